The van der Waals surface area contributed by atoms with Gasteiger partial charge in [-0.3, -0.25) is 12.0 Å². The Morgan fingerprint density at radius 1 is 1.50 bits per heavy atom. The topological polar surface area (TPSA) is 28.2 Å². The number of rotatable bonds is 2. The first kappa shape index (κ1) is 16.3. The molecule has 5 heteroatoms. The van der Waals surface area contributed by atoms with Gasteiger partial charge < -0.3 is 10.2 Å². The quantitative estimate of drug-likeness (QED) is 0.557. The van der Waals surface area contributed by atoms with Crippen molar-refractivity contribution in [3.8, 4) is 0 Å². The van der Waals surface area contributed by atoms with Crippen molar-refractivity contribution in [2.45, 2.75) is 19.4 Å². The second kappa shape index (κ2) is 7.58. The molecule has 2 rings (SSSR count). The molecule has 88 valence electrons. The first-order chi connectivity index (χ1) is 6.81. The number of pyridine rings is 1. The predicted octanol–water partition coefficient (Wildman–Crippen LogP) is 1.34. The van der Waals surface area contributed by atoms with Crippen molar-refractivity contribution in [3.05, 3.63) is 30.6 Å². The maximum absolute atomic E-state index is 4.47. The molecule has 1 aromatic heterocycles. The maximum Gasteiger partial charge on any atom is 0.0612 e. The summed E-state index contributed by atoms with van der Waals surface area (Å²) in [5.41, 5.74) is 3.61. The van der Waals surface area contributed by atoms with E-state index in [1.54, 1.807) is 0 Å². The first-order valence-corrected chi connectivity index (χ1v) is 5.01. The van der Waals surface area contributed by atoms with E-state index in [1.165, 1.54) is 16.9 Å². The third-order valence-corrected chi connectivity index (χ3v) is 2.57. The van der Waals surface area contributed by atoms with Crippen LogP contribution < -0.4 is 10.2 Å². The number of anilines is 1. The maximum atomic E-state index is 4.47. The summed E-state index contributed by atoms with van der Waals surface area (Å²) in [6.45, 7) is 1.91. The van der Waals surface area contributed by atoms with E-state index in [0.717, 1.165) is 25.9 Å². The number of hydrogen-bond donors (Lipinski definition) is 1. The summed E-state index contributed by atoms with van der Waals surface area (Å²) in [6, 6.07) is 2.19. The van der Waals surface area contributed by atoms with Crippen LogP contribution in [0.3, 0.4) is 0 Å². The van der Waals surface area contributed by atoms with E-state index in [2.05, 4.69) is 23.4 Å². The second-order valence-corrected chi connectivity index (χ2v) is 3.71. The number of aromatic nitrogens is 1. The Labute approximate surface area is 126 Å². The van der Waals surface area contributed by atoms with Gasteiger partial charge >= 0.3 is 0 Å². The van der Waals surface area contributed by atoms with Crippen LogP contribution in [0, 0.1) is 7.05 Å². The molecule has 0 bridgehead atoms. The molecule has 1 aliphatic heterocycles. The Morgan fingerprint density at radius 3 is 2.94 bits per heavy atom. The van der Waals surface area contributed by atoms with E-state index >= 15 is 0 Å². The molecule has 0 saturated heterocycles. The molecular formula is C11H16N3W2-. The van der Waals surface area contributed by atoms with Crippen LogP contribution in [0.4, 0.5) is 5.69 Å². The Kier molecular flexibility index (Phi) is 7.72. The van der Waals surface area contributed by atoms with Crippen molar-refractivity contribution in [1.29, 1.82) is 0 Å². The molecule has 0 amide bonds. The molecule has 0 atom stereocenters. The Hall–Kier alpha value is 0.287. The fraction of sp³-hybridized carbons (Fsp3) is 0.455. The van der Waals surface area contributed by atoms with E-state index in [9.17, 15) is 0 Å². The number of nitrogens with one attached hydrogen (secondary N) is 1. The van der Waals surface area contributed by atoms with Crippen molar-refractivity contribution in [1.82, 2.24) is 10.3 Å². The molecule has 0 aromatic carbocycles. The van der Waals surface area contributed by atoms with Gasteiger partial charge in [-0.25, -0.2) is 0 Å². The van der Waals surface area contributed by atoms with E-state index in [4.69, 9.17) is 0 Å². The Bertz CT molecular complexity index is 331. The van der Waals surface area contributed by atoms with Crippen LogP contribution in [0.15, 0.2) is 12.3 Å². The molecule has 0 fully saturated rings. The van der Waals surface area contributed by atoms with Gasteiger partial charge in [0, 0.05) is 60.6 Å². The molecule has 3 nitrogen and oxygen atoms in total. The normalized spacial score (nSPS) is 13.5. The van der Waals surface area contributed by atoms with Gasteiger partial charge in [-0.15, -0.1) is 0 Å². The minimum atomic E-state index is 0. The molecule has 0 unspecified atom stereocenters. The first-order valence-electron chi connectivity index (χ1n) is 5.01. The average Bonchev–Trinajstić information content (AvgIpc) is 2.20. The SMILES string of the molecule is [CH2-]N1CCCc2ncc(CNC)cc21.[W].[W]. The molecule has 0 radical (unpaired) electrons. The van der Waals surface area contributed by atoms with Gasteiger partial charge in [0.25, 0.3) is 0 Å². The standard InChI is InChI=1S/C11H16N3.2W/c1-12-7-9-6-11-10(13-8-9)4-3-5-14(11)2;;/h6,8,12H,2-5,7H2,1H3;;/q-1;;. The minimum absolute atomic E-state index is 0. The predicted molar refractivity (Wildman–Crippen MR) is 58.0 cm³/mol. The molecule has 0 spiro atoms. The molecule has 1 N–H and O–H groups in total. The van der Waals surface area contributed by atoms with Crippen LogP contribution >= 0.6 is 0 Å². The summed E-state index contributed by atoms with van der Waals surface area (Å²) in [7, 11) is 5.96. The fourth-order valence-corrected chi connectivity index (χ4v) is 1.85. The zero-order valence-corrected chi connectivity index (χ0v) is 15.3. The summed E-state index contributed by atoms with van der Waals surface area (Å²) in [4.78, 5) is 6.51. The van der Waals surface area contributed by atoms with Gasteiger partial charge in [0.1, 0.15) is 0 Å². The largest absolute Gasteiger partial charge is 0.524 e. The van der Waals surface area contributed by atoms with Gasteiger partial charge in [-0.2, -0.15) is 0 Å². The van der Waals surface area contributed by atoms with Crippen LogP contribution in [0.2, 0.25) is 0 Å². The molecular weight excluding hydrogens is 542 g/mol. The zero-order valence-electron chi connectivity index (χ0n) is 9.40. The number of hydrogen-bond acceptors (Lipinski definition) is 3. The molecule has 1 aromatic rings. The van der Waals surface area contributed by atoms with Gasteiger partial charge in [0.2, 0.25) is 0 Å². The van der Waals surface area contributed by atoms with E-state index in [1.807, 2.05) is 18.1 Å². The molecule has 2 heterocycles. The van der Waals surface area contributed by atoms with E-state index in [-0.39, 0.29) is 42.1 Å². The van der Waals surface area contributed by atoms with Crippen LogP contribution in [-0.2, 0) is 55.1 Å². The molecule has 16 heavy (non-hydrogen) atoms. The molecule has 0 saturated carbocycles. The number of fused-ring (bicyclic) bond motifs is 1. The molecule has 1 aliphatic rings. The van der Waals surface area contributed by atoms with Crippen LogP contribution in [0.5, 0.6) is 0 Å². The number of nitrogens with zero attached hydrogens (tertiary/aromatic N) is 2. The van der Waals surface area contributed by atoms with Crippen LogP contribution in [0.25, 0.3) is 0 Å². The van der Waals surface area contributed by atoms with E-state index in [0.29, 0.717) is 0 Å². The number of aryl methyl sites for hydroxylation is 1. The summed E-state index contributed by atoms with van der Waals surface area (Å²) in [6.07, 6.45) is 4.20. The third-order valence-electron chi connectivity index (χ3n) is 2.57. The molecule has 0 aliphatic carbocycles. The average molecular weight is 558 g/mol. The van der Waals surface area contributed by atoms with Gasteiger partial charge in [0.05, 0.1) is 5.69 Å². The monoisotopic (exact) mass is 558 g/mol. The zero-order chi connectivity index (χ0) is 9.97. The Morgan fingerprint density at radius 2 is 2.25 bits per heavy atom. The van der Waals surface area contributed by atoms with Gasteiger partial charge in [-0.05, 0) is 38.1 Å². The van der Waals surface area contributed by atoms with E-state index < -0.39 is 0 Å². The van der Waals surface area contributed by atoms with Crippen molar-refractivity contribution in [3.63, 3.8) is 0 Å². The second-order valence-electron chi connectivity index (χ2n) is 3.71. The van der Waals surface area contributed by atoms with Gasteiger partial charge in [-0.1, -0.05) is 0 Å². The van der Waals surface area contributed by atoms with Crippen molar-refractivity contribution in [2.75, 3.05) is 18.5 Å². The van der Waals surface area contributed by atoms with Crippen LogP contribution in [-0.4, -0.2) is 18.6 Å². The smallest absolute Gasteiger partial charge is 0.0612 e. The van der Waals surface area contributed by atoms with Crippen molar-refractivity contribution in [2.24, 2.45) is 0 Å². The fourth-order valence-electron chi connectivity index (χ4n) is 1.85. The summed E-state index contributed by atoms with van der Waals surface area (Å²) >= 11 is 0. The van der Waals surface area contributed by atoms with Gasteiger partial charge in [0.15, 0.2) is 0 Å². The Balaban J connectivity index is 0.00000112. The third kappa shape index (κ3) is 3.65. The summed E-state index contributed by atoms with van der Waals surface area (Å²) in [5.74, 6) is 0. The van der Waals surface area contributed by atoms with Crippen molar-refractivity contribution >= 4 is 5.69 Å². The van der Waals surface area contributed by atoms with Crippen LogP contribution in [0.1, 0.15) is 17.7 Å². The summed E-state index contributed by atoms with van der Waals surface area (Å²) in [5, 5.41) is 3.13. The minimum Gasteiger partial charge on any atom is -0.524 e. The summed E-state index contributed by atoms with van der Waals surface area (Å²) < 4.78 is 0. The van der Waals surface area contributed by atoms with Crippen molar-refractivity contribution < 1.29 is 42.1 Å².